The summed E-state index contributed by atoms with van der Waals surface area (Å²) in [7, 11) is 0. The fraction of sp³-hybridized carbons (Fsp3) is 0.545. The summed E-state index contributed by atoms with van der Waals surface area (Å²) >= 11 is 1.68. The fourth-order valence-corrected chi connectivity index (χ4v) is 2.33. The van der Waals surface area contributed by atoms with Crippen LogP contribution in [-0.4, -0.2) is 25.0 Å². The van der Waals surface area contributed by atoms with Crippen molar-refractivity contribution in [3.05, 3.63) is 22.4 Å². The van der Waals surface area contributed by atoms with Crippen molar-refractivity contribution in [2.24, 2.45) is 16.6 Å². The molecule has 7 heteroatoms. The Kier molecular flexibility index (Phi) is 6.27. The normalized spacial score (nSPS) is 22.7. The van der Waals surface area contributed by atoms with Gasteiger partial charge in [0, 0.05) is 29.8 Å². The van der Waals surface area contributed by atoms with Gasteiger partial charge in [-0.2, -0.15) is 0 Å². The molecule has 0 radical (unpaired) electrons. The van der Waals surface area contributed by atoms with Crippen LogP contribution in [0.5, 0.6) is 0 Å². The highest BCUT2D eigenvalue weighted by molar-refractivity contribution is 14.0. The minimum absolute atomic E-state index is 0. The minimum Gasteiger partial charge on any atom is -0.370 e. The highest BCUT2D eigenvalue weighted by Gasteiger charge is 2.44. The summed E-state index contributed by atoms with van der Waals surface area (Å²) in [5, 5.41) is 4.83. The van der Waals surface area contributed by atoms with Gasteiger partial charge in [-0.3, -0.25) is 4.99 Å². The number of aliphatic imine (C=N–C) groups is 1. The maximum atomic E-state index is 12.2. The third-order valence-corrected chi connectivity index (χ3v) is 3.65. The molecule has 1 saturated carbocycles. The molecule has 0 saturated heterocycles. The van der Waals surface area contributed by atoms with Gasteiger partial charge in [0.05, 0.1) is 0 Å². The number of nitrogens with two attached hydrogens (primary N) is 1. The predicted molar refractivity (Wildman–Crippen MR) is 81.0 cm³/mol. The SMILES string of the molecule is I.NC(=NCCc1cccs1)N[C@H]1C[C@@H]1C(F)F. The lowest BCUT2D eigenvalue weighted by Crippen LogP contribution is -2.35. The summed E-state index contributed by atoms with van der Waals surface area (Å²) < 4.78 is 24.5. The highest BCUT2D eigenvalue weighted by atomic mass is 127. The van der Waals surface area contributed by atoms with Gasteiger partial charge in [0.1, 0.15) is 0 Å². The van der Waals surface area contributed by atoms with Crippen LogP contribution in [0.3, 0.4) is 0 Å². The molecule has 1 heterocycles. The lowest BCUT2D eigenvalue weighted by molar-refractivity contribution is 0.120. The van der Waals surface area contributed by atoms with Gasteiger partial charge in [0.25, 0.3) is 0 Å². The number of alkyl halides is 2. The first-order valence-electron chi connectivity index (χ1n) is 5.54. The van der Waals surface area contributed by atoms with Crippen molar-refractivity contribution in [1.82, 2.24) is 5.32 Å². The minimum atomic E-state index is -2.26. The van der Waals surface area contributed by atoms with E-state index in [0.29, 0.717) is 13.0 Å². The van der Waals surface area contributed by atoms with Crippen LogP contribution in [0.1, 0.15) is 11.3 Å². The average molecular weight is 387 g/mol. The Hall–Kier alpha value is -0.440. The predicted octanol–water partition coefficient (Wildman–Crippen LogP) is 2.47. The summed E-state index contributed by atoms with van der Waals surface area (Å²) in [4.78, 5) is 5.37. The van der Waals surface area contributed by atoms with E-state index in [1.807, 2.05) is 17.5 Å². The molecular weight excluding hydrogens is 371 g/mol. The van der Waals surface area contributed by atoms with Gasteiger partial charge in [-0.15, -0.1) is 35.3 Å². The van der Waals surface area contributed by atoms with Gasteiger partial charge >= 0.3 is 0 Å². The molecule has 2 rings (SSSR count). The third kappa shape index (κ3) is 4.68. The molecule has 0 spiro atoms. The lowest BCUT2D eigenvalue weighted by atomic mass is 10.3. The summed E-state index contributed by atoms with van der Waals surface area (Å²) in [6.45, 7) is 0.589. The summed E-state index contributed by atoms with van der Waals surface area (Å²) in [5.74, 6) is -0.282. The molecule has 0 bridgehead atoms. The van der Waals surface area contributed by atoms with Gasteiger partial charge in [-0.1, -0.05) is 6.07 Å². The Balaban J connectivity index is 0.00000162. The molecular formula is C11H16F2IN3S. The van der Waals surface area contributed by atoms with Crippen LogP contribution in [-0.2, 0) is 6.42 Å². The molecule has 0 aliphatic heterocycles. The first-order valence-corrected chi connectivity index (χ1v) is 6.42. The molecule has 1 aliphatic carbocycles. The number of hydrogen-bond donors (Lipinski definition) is 2. The molecule has 102 valence electrons. The second-order valence-electron chi connectivity index (χ2n) is 4.08. The molecule has 1 aliphatic rings. The number of nitrogens with one attached hydrogen (secondary N) is 1. The second-order valence-corrected chi connectivity index (χ2v) is 5.11. The standard InChI is InChI=1S/C11H15F2N3S.HI/c12-10(13)8-6-9(8)16-11(14)15-4-3-7-2-1-5-17-7;/h1-2,5,8-10H,3-4,6H2,(H3,14,15,16);1H/t8-,9-;/m0./s1. The van der Waals surface area contributed by atoms with Crippen molar-refractivity contribution in [3.8, 4) is 0 Å². The fourth-order valence-electron chi connectivity index (χ4n) is 1.64. The molecule has 18 heavy (non-hydrogen) atoms. The lowest BCUT2D eigenvalue weighted by Gasteiger charge is -2.04. The van der Waals surface area contributed by atoms with Crippen LogP contribution in [0, 0.1) is 5.92 Å². The highest BCUT2D eigenvalue weighted by Crippen LogP contribution is 2.35. The number of rotatable bonds is 5. The Bertz CT molecular complexity index is 384. The van der Waals surface area contributed by atoms with E-state index in [1.165, 1.54) is 4.88 Å². The molecule has 1 aromatic rings. The van der Waals surface area contributed by atoms with Crippen molar-refractivity contribution in [1.29, 1.82) is 0 Å². The zero-order valence-electron chi connectivity index (χ0n) is 9.68. The van der Waals surface area contributed by atoms with Crippen LogP contribution in [0.4, 0.5) is 8.78 Å². The van der Waals surface area contributed by atoms with Crippen molar-refractivity contribution in [3.63, 3.8) is 0 Å². The number of guanidine groups is 1. The molecule has 0 unspecified atom stereocenters. The number of thiophene rings is 1. The Morgan fingerprint density at radius 3 is 2.94 bits per heavy atom. The molecule has 3 nitrogen and oxygen atoms in total. The van der Waals surface area contributed by atoms with Crippen LogP contribution in [0.25, 0.3) is 0 Å². The summed E-state index contributed by atoms with van der Waals surface area (Å²) in [6.07, 6.45) is -0.937. The van der Waals surface area contributed by atoms with E-state index in [4.69, 9.17) is 5.73 Å². The molecule has 1 aromatic heterocycles. The van der Waals surface area contributed by atoms with Crippen molar-refractivity contribution >= 4 is 41.3 Å². The Labute approximate surface area is 126 Å². The van der Waals surface area contributed by atoms with E-state index < -0.39 is 12.3 Å². The van der Waals surface area contributed by atoms with E-state index in [2.05, 4.69) is 10.3 Å². The van der Waals surface area contributed by atoms with E-state index in [-0.39, 0.29) is 36.0 Å². The summed E-state index contributed by atoms with van der Waals surface area (Å²) in [5.41, 5.74) is 5.61. The maximum absolute atomic E-state index is 12.2. The monoisotopic (exact) mass is 387 g/mol. The zero-order chi connectivity index (χ0) is 12.3. The largest absolute Gasteiger partial charge is 0.370 e. The van der Waals surface area contributed by atoms with Crippen LogP contribution >= 0.6 is 35.3 Å². The molecule has 3 N–H and O–H groups in total. The number of hydrogen-bond acceptors (Lipinski definition) is 2. The third-order valence-electron chi connectivity index (χ3n) is 2.72. The smallest absolute Gasteiger partial charge is 0.243 e. The second kappa shape index (κ2) is 7.22. The van der Waals surface area contributed by atoms with Gasteiger partial charge in [-0.25, -0.2) is 8.78 Å². The first-order chi connectivity index (χ1) is 8.16. The van der Waals surface area contributed by atoms with E-state index in [0.717, 1.165) is 6.42 Å². The van der Waals surface area contributed by atoms with Crippen LogP contribution < -0.4 is 11.1 Å². The molecule has 1 fully saturated rings. The van der Waals surface area contributed by atoms with E-state index in [1.54, 1.807) is 11.3 Å². The van der Waals surface area contributed by atoms with Gasteiger partial charge < -0.3 is 11.1 Å². The van der Waals surface area contributed by atoms with Gasteiger partial charge in [-0.05, 0) is 17.9 Å². The Morgan fingerprint density at radius 2 is 2.39 bits per heavy atom. The van der Waals surface area contributed by atoms with Gasteiger partial charge in [0.15, 0.2) is 5.96 Å². The summed E-state index contributed by atoms with van der Waals surface area (Å²) in [6, 6.07) is 3.83. The maximum Gasteiger partial charge on any atom is 0.243 e. The van der Waals surface area contributed by atoms with E-state index >= 15 is 0 Å². The zero-order valence-corrected chi connectivity index (χ0v) is 12.8. The number of nitrogens with zero attached hydrogens (tertiary/aromatic N) is 1. The van der Waals surface area contributed by atoms with Crippen LogP contribution in [0.15, 0.2) is 22.5 Å². The van der Waals surface area contributed by atoms with Gasteiger partial charge in [0.2, 0.25) is 6.43 Å². The molecule has 0 amide bonds. The quantitative estimate of drug-likeness (QED) is 0.464. The topological polar surface area (TPSA) is 50.4 Å². The van der Waals surface area contributed by atoms with E-state index in [9.17, 15) is 8.78 Å². The Morgan fingerprint density at radius 1 is 1.61 bits per heavy atom. The molecule has 0 aromatic carbocycles. The molecule has 2 atom stereocenters. The first kappa shape index (κ1) is 15.6. The van der Waals surface area contributed by atoms with Crippen molar-refractivity contribution in [2.45, 2.75) is 25.3 Å². The van der Waals surface area contributed by atoms with Crippen LogP contribution in [0.2, 0.25) is 0 Å². The number of halogens is 3. The van der Waals surface area contributed by atoms with Crippen molar-refractivity contribution < 1.29 is 8.78 Å². The average Bonchev–Trinajstić information content (AvgIpc) is 2.85. The van der Waals surface area contributed by atoms with Crippen molar-refractivity contribution in [2.75, 3.05) is 6.54 Å².